The smallest absolute Gasteiger partial charge is 0.255 e. The van der Waals surface area contributed by atoms with E-state index in [9.17, 15) is 14.3 Å². The summed E-state index contributed by atoms with van der Waals surface area (Å²) >= 11 is 5.55. The number of amides is 1. The highest BCUT2D eigenvalue weighted by molar-refractivity contribution is 6.30. The van der Waals surface area contributed by atoms with Gasteiger partial charge in [-0.05, 0) is 36.4 Å². The van der Waals surface area contributed by atoms with Crippen molar-refractivity contribution in [3.8, 4) is 11.5 Å². The van der Waals surface area contributed by atoms with Crippen LogP contribution in [-0.2, 0) is 0 Å². The van der Waals surface area contributed by atoms with Gasteiger partial charge >= 0.3 is 0 Å². The summed E-state index contributed by atoms with van der Waals surface area (Å²) < 4.78 is 18.1. The zero-order valence-corrected chi connectivity index (χ0v) is 11.2. The van der Waals surface area contributed by atoms with Crippen LogP contribution in [-0.4, -0.2) is 18.1 Å². The number of anilines is 1. The number of nitrogens with one attached hydrogen (secondary N) is 1. The molecule has 0 radical (unpaired) electrons. The van der Waals surface area contributed by atoms with Crippen LogP contribution < -0.4 is 10.1 Å². The van der Waals surface area contributed by atoms with E-state index in [0.29, 0.717) is 0 Å². The number of carbonyl (C=O) groups is 1. The third-order valence-electron chi connectivity index (χ3n) is 2.62. The van der Waals surface area contributed by atoms with E-state index in [1.807, 2.05) is 0 Å². The SMILES string of the molecule is COc1ccc(C(=O)Nc2ccc(Cl)c(F)c2)cc1O. The Morgan fingerprint density at radius 2 is 2.05 bits per heavy atom. The Morgan fingerprint density at radius 3 is 2.65 bits per heavy atom. The zero-order valence-electron chi connectivity index (χ0n) is 10.5. The van der Waals surface area contributed by atoms with Gasteiger partial charge in [-0.3, -0.25) is 4.79 Å². The molecule has 0 saturated heterocycles. The molecule has 20 heavy (non-hydrogen) atoms. The van der Waals surface area contributed by atoms with E-state index in [4.69, 9.17) is 16.3 Å². The van der Waals surface area contributed by atoms with Gasteiger partial charge in [-0.1, -0.05) is 11.6 Å². The molecule has 4 nitrogen and oxygen atoms in total. The third-order valence-corrected chi connectivity index (χ3v) is 2.93. The standard InChI is InChI=1S/C14H11ClFNO3/c1-20-13-5-2-8(6-12(13)18)14(19)17-9-3-4-10(15)11(16)7-9/h2-7,18H,1H3,(H,17,19). The lowest BCUT2D eigenvalue weighted by atomic mass is 10.2. The van der Waals surface area contributed by atoms with Crippen molar-refractivity contribution in [3.63, 3.8) is 0 Å². The molecule has 0 fully saturated rings. The Balaban J connectivity index is 2.19. The lowest BCUT2D eigenvalue weighted by molar-refractivity contribution is 0.102. The first-order chi connectivity index (χ1) is 9.51. The van der Waals surface area contributed by atoms with Crippen molar-refractivity contribution in [2.45, 2.75) is 0 Å². The van der Waals surface area contributed by atoms with Crippen LogP contribution in [0.1, 0.15) is 10.4 Å². The number of halogens is 2. The van der Waals surface area contributed by atoms with Crippen LogP contribution >= 0.6 is 11.6 Å². The zero-order chi connectivity index (χ0) is 14.7. The highest BCUT2D eigenvalue weighted by Gasteiger charge is 2.10. The fourth-order valence-corrected chi connectivity index (χ4v) is 1.73. The predicted octanol–water partition coefficient (Wildman–Crippen LogP) is 3.45. The fourth-order valence-electron chi connectivity index (χ4n) is 1.61. The van der Waals surface area contributed by atoms with Gasteiger partial charge in [-0.2, -0.15) is 0 Å². The molecule has 2 rings (SSSR count). The maximum atomic E-state index is 13.3. The molecule has 0 bridgehead atoms. The number of hydrogen-bond acceptors (Lipinski definition) is 3. The largest absolute Gasteiger partial charge is 0.504 e. The number of rotatable bonds is 3. The second kappa shape index (κ2) is 5.79. The Bertz CT molecular complexity index is 661. The quantitative estimate of drug-likeness (QED) is 0.912. The van der Waals surface area contributed by atoms with Gasteiger partial charge in [0, 0.05) is 11.3 Å². The van der Waals surface area contributed by atoms with E-state index in [0.717, 1.165) is 6.07 Å². The van der Waals surface area contributed by atoms with Crippen LogP contribution in [0.5, 0.6) is 11.5 Å². The Morgan fingerprint density at radius 1 is 1.30 bits per heavy atom. The molecule has 0 aromatic heterocycles. The average molecular weight is 296 g/mol. The van der Waals surface area contributed by atoms with Gasteiger partial charge in [0.15, 0.2) is 11.5 Å². The summed E-state index contributed by atoms with van der Waals surface area (Å²) in [5.74, 6) is -0.992. The Hall–Kier alpha value is -2.27. The molecule has 0 aliphatic rings. The van der Waals surface area contributed by atoms with Gasteiger partial charge in [0.25, 0.3) is 5.91 Å². The fraction of sp³-hybridized carbons (Fsp3) is 0.0714. The molecule has 0 aliphatic heterocycles. The number of carbonyl (C=O) groups excluding carboxylic acids is 1. The predicted molar refractivity (Wildman–Crippen MR) is 74.0 cm³/mol. The summed E-state index contributed by atoms with van der Waals surface area (Å²) in [6, 6.07) is 8.15. The Labute approximate surface area is 119 Å². The van der Waals surface area contributed by atoms with E-state index in [-0.39, 0.29) is 27.8 Å². The molecule has 6 heteroatoms. The first kappa shape index (κ1) is 14.1. The molecule has 0 atom stereocenters. The number of aromatic hydroxyl groups is 1. The highest BCUT2D eigenvalue weighted by atomic mass is 35.5. The summed E-state index contributed by atoms with van der Waals surface area (Å²) in [6.45, 7) is 0. The molecule has 2 N–H and O–H groups in total. The minimum atomic E-state index is -0.623. The second-order valence-corrected chi connectivity index (χ2v) is 4.38. The summed E-state index contributed by atoms with van der Waals surface area (Å²) in [5.41, 5.74) is 0.492. The van der Waals surface area contributed by atoms with E-state index in [1.54, 1.807) is 0 Å². The lowest BCUT2D eigenvalue weighted by Crippen LogP contribution is -2.11. The van der Waals surface area contributed by atoms with Crippen LogP contribution in [0.4, 0.5) is 10.1 Å². The molecule has 2 aromatic rings. The minimum absolute atomic E-state index is 0.0231. The monoisotopic (exact) mass is 295 g/mol. The molecule has 0 heterocycles. The molecule has 0 aliphatic carbocycles. The van der Waals surface area contributed by atoms with Gasteiger partial charge in [-0.15, -0.1) is 0 Å². The van der Waals surface area contributed by atoms with Crippen molar-refractivity contribution >= 4 is 23.2 Å². The maximum Gasteiger partial charge on any atom is 0.255 e. The van der Waals surface area contributed by atoms with Crippen LogP contribution in [0.15, 0.2) is 36.4 Å². The summed E-state index contributed by atoms with van der Waals surface area (Å²) in [7, 11) is 1.41. The van der Waals surface area contributed by atoms with Crippen molar-refractivity contribution in [3.05, 3.63) is 52.8 Å². The minimum Gasteiger partial charge on any atom is -0.504 e. The number of methoxy groups -OCH3 is 1. The van der Waals surface area contributed by atoms with E-state index < -0.39 is 11.7 Å². The van der Waals surface area contributed by atoms with Crippen LogP contribution in [0.2, 0.25) is 5.02 Å². The van der Waals surface area contributed by atoms with Crippen molar-refractivity contribution in [1.82, 2.24) is 0 Å². The first-order valence-electron chi connectivity index (χ1n) is 5.64. The Kier molecular flexibility index (Phi) is 4.10. The first-order valence-corrected chi connectivity index (χ1v) is 6.02. The van der Waals surface area contributed by atoms with Crippen LogP contribution in [0.25, 0.3) is 0 Å². The molecular formula is C14H11ClFNO3. The summed E-state index contributed by atoms with van der Waals surface area (Å²) in [4.78, 5) is 11.9. The summed E-state index contributed by atoms with van der Waals surface area (Å²) in [5, 5.41) is 12.1. The van der Waals surface area contributed by atoms with Gasteiger partial charge in [0.2, 0.25) is 0 Å². The van der Waals surface area contributed by atoms with Gasteiger partial charge in [0.1, 0.15) is 5.82 Å². The van der Waals surface area contributed by atoms with Crippen molar-refractivity contribution in [2.24, 2.45) is 0 Å². The molecule has 0 saturated carbocycles. The molecule has 2 aromatic carbocycles. The van der Waals surface area contributed by atoms with Crippen molar-refractivity contribution < 1.29 is 19.0 Å². The van der Waals surface area contributed by atoms with Gasteiger partial charge < -0.3 is 15.2 Å². The topological polar surface area (TPSA) is 58.6 Å². The van der Waals surface area contributed by atoms with Gasteiger partial charge in [-0.25, -0.2) is 4.39 Å². The summed E-state index contributed by atoms with van der Waals surface area (Å²) in [6.07, 6.45) is 0. The van der Waals surface area contributed by atoms with Crippen molar-refractivity contribution in [2.75, 3.05) is 12.4 Å². The van der Waals surface area contributed by atoms with E-state index in [1.165, 1.54) is 37.4 Å². The molecule has 104 valence electrons. The second-order valence-electron chi connectivity index (χ2n) is 3.97. The maximum absolute atomic E-state index is 13.3. The third kappa shape index (κ3) is 3.00. The molecule has 1 amide bonds. The van der Waals surface area contributed by atoms with Gasteiger partial charge in [0.05, 0.1) is 12.1 Å². The normalized spacial score (nSPS) is 10.2. The average Bonchev–Trinajstić information content (AvgIpc) is 2.42. The number of hydrogen-bond donors (Lipinski definition) is 2. The highest BCUT2D eigenvalue weighted by Crippen LogP contribution is 2.26. The van der Waals surface area contributed by atoms with E-state index in [2.05, 4.69) is 5.32 Å². The van der Waals surface area contributed by atoms with Crippen LogP contribution in [0, 0.1) is 5.82 Å². The van der Waals surface area contributed by atoms with Crippen molar-refractivity contribution in [1.29, 1.82) is 0 Å². The number of benzene rings is 2. The lowest BCUT2D eigenvalue weighted by Gasteiger charge is -2.08. The number of phenolic OH excluding ortho intramolecular Hbond substituents is 1. The number of phenols is 1. The van der Waals surface area contributed by atoms with Crippen LogP contribution in [0.3, 0.4) is 0 Å². The molecular weight excluding hydrogens is 285 g/mol. The van der Waals surface area contributed by atoms with E-state index >= 15 is 0 Å². The number of ether oxygens (including phenoxy) is 1. The molecule has 0 spiro atoms. The molecule has 0 unspecified atom stereocenters.